The molecule has 5 rings (SSSR count). The zero-order chi connectivity index (χ0) is 24.4. The van der Waals surface area contributed by atoms with Crippen LogP contribution in [0.4, 0.5) is 0 Å². The van der Waals surface area contributed by atoms with Crippen molar-refractivity contribution in [3.8, 4) is 23.0 Å². The minimum absolute atomic E-state index is 0.0601. The zero-order valence-electron chi connectivity index (χ0n) is 18.9. The van der Waals surface area contributed by atoms with Gasteiger partial charge in [-0.3, -0.25) is 0 Å². The molecule has 1 aromatic heterocycles. The van der Waals surface area contributed by atoms with Gasteiger partial charge in [0.25, 0.3) is 5.22 Å². The fourth-order valence-electron chi connectivity index (χ4n) is 3.86. The maximum Gasteiger partial charge on any atom is 0.342 e. The quantitative estimate of drug-likeness (QED) is 0.164. The van der Waals surface area contributed by atoms with Gasteiger partial charge in [0.05, 0.1) is 14.2 Å². The molecule has 0 saturated carbocycles. The lowest BCUT2D eigenvalue weighted by molar-refractivity contribution is -0.131. The van der Waals surface area contributed by atoms with Crippen molar-refractivity contribution in [3.63, 3.8) is 0 Å². The number of carbonyl (C=O) groups is 1. The van der Waals surface area contributed by atoms with Crippen LogP contribution in [0.15, 0.2) is 87.3 Å². The number of carboxylic acid groups (broad SMARTS) is 1. The van der Waals surface area contributed by atoms with Crippen molar-refractivity contribution in [2.75, 3.05) is 14.2 Å². The molecule has 0 radical (unpaired) electrons. The van der Waals surface area contributed by atoms with Crippen molar-refractivity contribution in [2.45, 2.75) is 5.22 Å². The van der Waals surface area contributed by atoms with Crippen LogP contribution in [0.1, 0.15) is 5.56 Å². The van der Waals surface area contributed by atoms with Crippen LogP contribution < -0.4 is 9.47 Å². The van der Waals surface area contributed by atoms with Gasteiger partial charge in [-0.25, -0.2) is 4.79 Å². The predicted octanol–water partition coefficient (Wildman–Crippen LogP) is 6.28. The Morgan fingerprint density at radius 3 is 2.06 bits per heavy atom. The Hall–Kier alpha value is -4.30. The number of aliphatic carboxylic acids is 1. The first-order chi connectivity index (χ1) is 17.1. The fraction of sp³-hybridized carbons (Fsp3) is 0.0741. The van der Waals surface area contributed by atoms with E-state index in [0.717, 1.165) is 38.9 Å². The molecule has 0 bridgehead atoms. The average Bonchev–Trinajstić information content (AvgIpc) is 3.36. The lowest BCUT2D eigenvalue weighted by Crippen LogP contribution is -1.97. The number of benzene rings is 4. The van der Waals surface area contributed by atoms with Crippen LogP contribution in [-0.4, -0.2) is 35.5 Å². The average molecular weight is 485 g/mol. The lowest BCUT2D eigenvalue weighted by atomic mass is 9.96. The fourth-order valence-corrected chi connectivity index (χ4v) is 4.52. The van der Waals surface area contributed by atoms with E-state index in [2.05, 4.69) is 16.3 Å². The van der Waals surface area contributed by atoms with Crippen LogP contribution in [-0.2, 0) is 4.79 Å². The second-order valence-corrected chi connectivity index (χ2v) is 8.62. The largest absolute Gasteiger partial charge is 0.497 e. The van der Waals surface area contributed by atoms with Crippen molar-refractivity contribution in [3.05, 3.63) is 83.3 Å². The second kappa shape index (κ2) is 9.52. The predicted molar refractivity (Wildman–Crippen MR) is 136 cm³/mol. The molecule has 1 N–H and O–H groups in total. The Morgan fingerprint density at radius 2 is 1.49 bits per heavy atom. The van der Waals surface area contributed by atoms with Gasteiger partial charge in [0, 0.05) is 11.6 Å². The van der Waals surface area contributed by atoms with Crippen LogP contribution in [0.2, 0.25) is 0 Å². The molecule has 7 nitrogen and oxygen atoms in total. The number of ether oxygens (including phenoxy) is 2. The summed E-state index contributed by atoms with van der Waals surface area (Å²) in [6, 6.07) is 23.1. The van der Waals surface area contributed by atoms with Gasteiger partial charge in [-0.15, -0.1) is 10.2 Å². The van der Waals surface area contributed by atoms with E-state index in [-0.39, 0.29) is 16.0 Å². The number of thioether (sulfide) groups is 1. The molecule has 35 heavy (non-hydrogen) atoms. The van der Waals surface area contributed by atoms with Gasteiger partial charge in [0.2, 0.25) is 5.89 Å². The van der Waals surface area contributed by atoms with Crippen molar-refractivity contribution in [2.24, 2.45) is 0 Å². The smallest absolute Gasteiger partial charge is 0.342 e. The normalized spacial score (nSPS) is 11.7. The molecule has 8 heteroatoms. The van der Waals surface area contributed by atoms with Crippen LogP contribution in [0.3, 0.4) is 0 Å². The monoisotopic (exact) mass is 484 g/mol. The van der Waals surface area contributed by atoms with Gasteiger partial charge in [-0.05, 0) is 63.1 Å². The number of methoxy groups -OCH3 is 2. The molecular formula is C27H20N2O5S. The SMILES string of the molecule is COc1cc(OC)cc(-c2nnc(S/C(=C\c3c4ccccc4cc4ccccc34)C(=O)O)o2)c1. The number of aromatic nitrogens is 2. The topological polar surface area (TPSA) is 94.7 Å². The molecule has 0 aliphatic carbocycles. The Bertz CT molecular complexity index is 1520. The summed E-state index contributed by atoms with van der Waals surface area (Å²) in [5.74, 6) is 0.279. The molecule has 0 fully saturated rings. The Labute approximate surface area is 205 Å². The summed E-state index contributed by atoms with van der Waals surface area (Å²) in [6.07, 6.45) is 1.66. The van der Waals surface area contributed by atoms with Crippen LogP contribution in [0, 0.1) is 0 Å². The molecule has 174 valence electrons. The maximum atomic E-state index is 12.2. The number of carboxylic acids is 1. The third kappa shape index (κ3) is 4.56. The van der Waals surface area contributed by atoms with E-state index in [4.69, 9.17) is 13.9 Å². The highest BCUT2D eigenvalue weighted by Gasteiger charge is 2.18. The van der Waals surface area contributed by atoms with E-state index in [1.807, 2.05) is 48.5 Å². The number of rotatable bonds is 7. The first-order valence-corrected chi connectivity index (χ1v) is 11.5. The van der Waals surface area contributed by atoms with Gasteiger partial charge in [0.15, 0.2) is 0 Å². The lowest BCUT2D eigenvalue weighted by Gasteiger charge is -2.09. The maximum absolute atomic E-state index is 12.2. The van der Waals surface area contributed by atoms with Crippen molar-refractivity contribution < 1.29 is 23.8 Å². The van der Waals surface area contributed by atoms with E-state index in [1.54, 1.807) is 38.5 Å². The third-order valence-corrected chi connectivity index (χ3v) is 6.35. The molecule has 1 heterocycles. The van der Waals surface area contributed by atoms with Crippen molar-refractivity contribution in [1.29, 1.82) is 0 Å². The van der Waals surface area contributed by atoms with E-state index in [1.165, 1.54) is 0 Å². The van der Waals surface area contributed by atoms with E-state index in [9.17, 15) is 9.90 Å². The highest BCUT2D eigenvalue weighted by Crippen LogP contribution is 2.36. The Balaban J connectivity index is 1.56. The van der Waals surface area contributed by atoms with Gasteiger partial charge < -0.3 is 19.0 Å². The summed E-state index contributed by atoms with van der Waals surface area (Å²) >= 11 is 0.903. The summed E-state index contributed by atoms with van der Waals surface area (Å²) in [6.45, 7) is 0. The molecule has 0 aliphatic rings. The summed E-state index contributed by atoms with van der Waals surface area (Å²) in [4.78, 5) is 12.3. The number of hydrogen-bond acceptors (Lipinski definition) is 7. The summed E-state index contributed by atoms with van der Waals surface area (Å²) in [5, 5.41) is 22.2. The van der Waals surface area contributed by atoms with E-state index in [0.29, 0.717) is 17.1 Å². The minimum atomic E-state index is -1.09. The van der Waals surface area contributed by atoms with Gasteiger partial charge >= 0.3 is 5.97 Å². The van der Waals surface area contributed by atoms with E-state index >= 15 is 0 Å². The van der Waals surface area contributed by atoms with Gasteiger partial charge in [0.1, 0.15) is 16.4 Å². The standard InChI is InChI=1S/C27H20N2O5S/c1-32-19-12-18(13-20(14-19)33-2)25-28-29-27(34-25)35-24(26(30)31)15-23-21-9-5-3-7-16(21)11-17-8-4-6-10-22(17)23/h3-15H,1-2H3,(H,30,31)/b24-15-. The van der Waals surface area contributed by atoms with Crippen molar-refractivity contribution in [1.82, 2.24) is 10.2 Å². The Kier molecular flexibility index (Phi) is 6.12. The summed E-state index contributed by atoms with van der Waals surface area (Å²) < 4.78 is 16.4. The third-order valence-electron chi connectivity index (χ3n) is 5.50. The van der Waals surface area contributed by atoms with Crippen LogP contribution in [0.5, 0.6) is 11.5 Å². The summed E-state index contributed by atoms with van der Waals surface area (Å²) in [7, 11) is 3.10. The number of hydrogen-bond donors (Lipinski definition) is 1. The number of fused-ring (bicyclic) bond motifs is 2. The van der Waals surface area contributed by atoms with Crippen LogP contribution in [0.25, 0.3) is 39.1 Å². The molecule has 0 amide bonds. The molecule has 4 aromatic carbocycles. The van der Waals surface area contributed by atoms with Gasteiger partial charge in [-0.1, -0.05) is 48.5 Å². The summed E-state index contributed by atoms with van der Waals surface area (Å²) in [5.41, 5.74) is 1.42. The molecule has 0 unspecified atom stereocenters. The highest BCUT2D eigenvalue weighted by molar-refractivity contribution is 8.03. The number of nitrogens with zero attached hydrogens (tertiary/aromatic N) is 2. The molecule has 0 spiro atoms. The van der Waals surface area contributed by atoms with Crippen LogP contribution >= 0.6 is 11.8 Å². The van der Waals surface area contributed by atoms with E-state index < -0.39 is 5.97 Å². The minimum Gasteiger partial charge on any atom is -0.497 e. The molecule has 0 aliphatic heterocycles. The molecule has 5 aromatic rings. The van der Waals surface area contributed by atoms with Gasteiger partial charge in [-0.2, -0.15) is 0 Å². The zero-order valence-corrected chi connectivity index (χ0v) is 19.7. The Morgan fingerprint density at radius 1 is 0.886 bits per heavy atom. The second-order valence-electron chi connectivity index (χ2n) is 7.62. The molecule has 0 saturated heterocycles. The molecular weight excluding hydrogens is 464 g/mol. The van der Waals surface area contributed by atoms with Crippen molar-refractivity contribution >= 4 is 45.4 Å². The highest BCUT2D eigenvalue weighted by atomic mass is 32.2. The first-order valence-electron chi connectivity index (χ1n) is 10.7. The first kappa shape index (κ1) is 22.5. The molecule has 0 atom stereocenters.